The number of ether oxygens (including phenoxy) is 2. The Bertz CT molecular complexity index is 943. The van der Waals surface area contributed by atoms with Gasteiger partial charge in [-0.15, -0.1) is 0 Å². The van der Waals surface area contributed by atoms with Gasteiger partial charge in [0.05, 0.1) is 19.4 Å². The zero-order chi connectivity index (χ0) is 19.4. The molecule has 0 atom stereocenters. The van der Waals surface area contributed by atoms with E-state index in [1.54, 1.807) is 25.3 Å². The second-order valence-corrected chi connectivity index (χ2v) is 5.99. The normalized spacial score (nSPS) is 10.5. The van der Waals surface area contributed by atoms with Crippen molar-refractivity contribution in [1.82, 2.24) is 4.98 Å². The van der Waals surface area contributed by atoms with Crippen LogP contribution < -0.4 is 14.8 Å². The number of benzene rings is 2. The number of methoxy groups -OCH3 is 1. The van der Waals surface area contributed by atoms with Crippen molar-refractivity contribution in [2.75, 3.05) is 19.0 Å². The van der Waals surface area contributed by atoms with Gasteiger partial charge in [0.1, 0.15) is 5.76 Å². The molecule has 0 fully saturated rings. The minimum absolute atomic E-state index is 0.240. The molecule has 6 nitrogen and oxygen atoms in total. The largest absolute Gasteiger partial charge is 0.493 e. The first-order valence-electron chi connectivity index (χ1n) is 8.68. The van der Waals surface area contributed by atoms with Crippen LogP contribution in [0.3, 0.4) is 0 Å². The zero-order valence-corrected chi connectivity index (χ0v) is 15.8. The third kappa shape index (κ3) is 4.11. The molecule has 3 aromatic rings. The lowest BCUT2D eigenvalue weighted by Crippen LogP contribution is -2.12. The highest BCUT2D eigenvalue weighted by Crippen LogP contribution is 2.29. The summed E-state index contributed by atoms with van der Waals surface area (Å²) in [5.74, 6) is 2.19. The third-order valence-corrected chi connectivity index (χ3v) is 4.12. The highest BCUT2D eigenvalue weighted by molar-refractivity contribution is 6.04. The molecule has 0 unspecified atom stereocenters. The van der Waals surface area contributed by atoms with Crippen molar-refractivity contribution in [2.45, 2.75) is 20.8 Å². The first-order valence-corrected chi connectivity index (χ1v) is 8.68. The van der Waals surface area contributed by atoms with E-state index >= 15 is 0 Å². The van der Waals surface area contributed by atoms with Crippen LogP contribution in [0.15, 0.2) is 46.9 Å². The van der Waals surface area contributed by atoms with Crippen LogP contribution in [-0.2, 0) is 0 Å². The van der Waals surface area contributed by atoms with Crippen molar-refractivity contribution in [3.63, 3.8) is 0 Å². The van der Waals surface area contributed by atoms with Crippen LogP contribution in [0.25, 0.3) is 11.5 Å². The first kappa shape index (κ1) is 18.5. The SMILES string of the molecule is CCOc1cc(C(=O)Nc2cccc(-c3nc(C)c(C)o3)c2)ccc1OC. The van der Waals surface area contributed by atoms with Crippen molar-refractivity contribution in [2.24, 2.45) is 0 Å². The summed E-state index contributed by atoms with van der Waals surface area (Å²) in [5.41, 5.74) is 2.78. The number of aromatic nitrogens is 1. The minimum atomic E-state index is -0.240. The van der Waals surface area contributed by atoms with Gasteiger partial charge in [-0.1, -0.05) is 6.07 Å². The first-order chi connectivity index (χ1) is 13.0. The Morgan fingerprint density at radius 2 is 1.96 bits per heavy atom. The van der Waals surface area contributed by atoms with E-state index in [-0.39, 0.29) is 5.91 Å². The molecule has 1 N–H and O–H groups in total. The summed E-state index contributed by atoms with van der Waals surface area (Å²) in [6.07, 6.45) is 0. The van der Waals surface area contributed by atoms with Gasteiger partial charge in [-0.3, -0.25) is 4.79 Å². The van der Waals surface area contributed by atoms with Crippen LogP contribution in [0, 0.1) is 13.8 Å². The molecule has 2 aromatic carbocycles. The molecule has 0 aliphatic carbocycles. The van der Waals surface area contributed by atoms with E-state index < -0.39 is 0 Å². The Morgan fingerprint density at radius 1 is 1.15 bits per heavy atom. The van der Waals surface area contributed by atoms with E-state index in [0.29, 0.717) is 35.2 Å². The Hall–Kier alpha value is -3.28. The Kier molecular flexibility index (Phi) is 5.45. The quantitative estimate of drug-likeness (QED) is 0.689. The molecule has 0 radical (unpaired) electrons. The third-order valence-electron chi connectivity index (χ3n) is 4.12. The number of carbonyl (C=O) groups excluding carboxylic acids is 1. The molecule has 1 heterocycles. The second kappa shape index (κ2) is 7.95. The number of hydrogen-bond acceptors (Lipinski definition) is 5. The fraction of sp³-hybridized carbons (Fsp3) is 0.238. The lowest BCUT2D eigenvalue weighted by molar-refractivity contribution is 0.102. The van der Waals surface area contributed by atoms with E-state index in [9.17, 15) is 4.79 Å². The molecular formula is C21H22N2O4. The molecule has 0 aliphatic heterocycles. The molecule has 140 valence electrons. The predicted molar refractivity (Wildman–Crippen MR) is 104 cm³/mol. The van der Waals surface area contributed by atoms with Crippen molar-refractivity contribution < 1.29 is 18.7 Å². The van der Waals surface area contributed by atoms with Crippen LogP contribution in [0.1, 0.15) is 28.7 Å². The van der Waals surface area contributed by atoms with Crippen molar-refractivity contribution in [1.29, 1.82) is 0 Å². The number of amides is 1. The zero-order valence-electron chi connectivity index (χ0n) is 15.8. The summed E-state index contributed by atoms with van der Waals surface area (Å²) in [5, 5.41) is 2.89. The molecule has 0 spiro atoms. The smallest absolute Gasteiger partial charge is 0.255 e. The van der Waals surface area contributed by atoms with Gasteiger partial charge in [0, 0.05) is 16.8 Å². The van der Waals surface area contributed by atoms with Crippen LogP contribution in [-0.4, -0.2) is 24.6 Å². The number of nitrogens with zero attached hydrogens (tertiary/aromatic N) is 1. The molecule has 1 aromatic heterocycles. The van der Waals surface area contributed by atoms with Crippen molar-refractivity contribution in [3.05, 3.63) is 59.5 Å². The number of hydrogen-bond donors (Lipinski definition) is 1. The number of rotatable bonds is 6. The van der Waals surface area contributed by atoms with E-state index in [1.807, 2.05) is 45.0 Å². The average molecular weight is 366 g/mol. The molecule has 0 aliphatic rings. The monoisotopic (exact) mass is 366 g/mol. The van der Waals surface area contributed by atoms with Gasteiger partial charge < -0.3 is 19.2 Å². The Morgan fingerprint density at radius 3 is 2.63 bits per heavy atom. The fourth-order valence-electron chi connectivity index (χ4n) is 2.62. The standard InChI is InChI=1S/C21H22N2O4/c1-5-26-19-12-15(9-10-18(19)25-4)20(24)23-17-8-6-7-16(11-17)21-22-13(2)14(3)27-21/h6-12H,5H2,1-4H3,(H,23,24). The van der Waals surface area contributed by atoms with E-state index in [0.717, 1.165) is 17.0 Å². The van der Waals surface area contributed by atoms with Gasteiger partial charge in [0.15, 0.2) is 11.5 Å². The molecule has 1 amide bonds. The number of oxazole rings is 1. The average Bonchev–Trinajstić information content (AvgIpc) is 3.01. The Balaban J connectivity index is 1.82. The van der Waals surface area contributed by atoms with Crippen molar-refractivity contribution >= 4 is 11.6 Å². The van der Waals surface area contributed by atoms with Crippen LogP contribution >= 0.6 is 0 Å². The lowest BCUT2D eigenvalue weighted by Gasteiger charge is -2.11. The molecule has 3 rings (SSSR count). The predicted octanol–water partition coefficient (Wildman–Crippen LogP) is 4.62. The van der Waals surface area contributed by atoms with E-state index in [1.165, 1.54) is 0 Å². The maximum absolute atomic E-state index is 12.6. The van der Waals surface area contributed by atoms with Gasteiger partial charge in [-0.2, -0.15) is 0 Å². The fourth-order valence-corrected chi connectivity index (χ4v) is 2.62. The summed E-state index contributed by atoms with van der Waals surface area (Å²) in [7, 11) is 1.56. The second-order valence-electron chi connectivity index (χ2n) is 5.99. The summed E-state index contributed by atoms with van der Waals surface area (Å²) in [4.78, 5) is 17.0. The van der Waals surface area contributed by atoms with Gasteiger partial charge >= 0.3 is 0 Å². The maximum atomic E-state index is 12.6. The van der Waals surface area contributed by atoms with Gasteiger partial charge in [-0.25, -0.2) is 4.98 Å². The highest BCUT2D eigenvalue weighted by Gasteiger charge is 2.13. The summed E-state index contributed by atoms with van der Waals surface area (Å²) in [6.45, 7) is 6.13. The van der Waals surface area contributed by atoms with Crippen LogP contribution in [0.2, 0.25) is 0 Å². The molecule has 0 saturated carbocycles. The highest BCUT2D eigenvalue weighted by atomic mass is 16.5. The van der Waals surface area contributed by atoms with Crippen molar-refractivity contribution in [3.8, 4) is 23.0 Å². The van der Waals surface area contributed by atoms with Crippen LogP contribution in [0.5, 0.6) is 11.5 Å². The topological polar surface area (TPSA) is 73.6 Å². The molecule has 0 bridgehead atoms. The summed E-state index contributed by atoms with van der Waals surface area (Å²) < 4.78 is 16.4. The summed E-state index contributed by atoms with van der Waals surface area (Å²) in [6, 6.07) is 12.5. The van der Waals surface area contributed by atoms with Gasteiger partial charge in [0.2, 0.25) is 5.89 Å². The number of nitrogens with one attached hydrogen (secondary N) is 1. The lowest BCUT2D eigenvalue weighted by atomic mass is 10.1. The number of aryl methyl sites for hydroxylation is 2. The molecule has 27 heavy (non-hydrogen) atoms. The molecule has 6 heteroatoms. The maximum Gasteiger partial charge on any atom is 0.255 e. The van der Waals surface area contributed by atoms with E-state index in [2.05, 4.69) is 10.3 Å². The molecule has 0 saturated heterocycles. The summed E-state index contributed by atoms with van der Waals surface area (Å²) >= 11 is 0. The number of carbonyl (C=O) groups is 1. The molecular weight excluding hydrogens is 344 g/mol. The minimum Gasteiger partial charge on any atom is -0.493 e. The Labute approximate surface area is 158 Å². The van der Waals surface area contributed by atoms with Gasteiger partial charge in [0.25, 0.3) is 5.91 Å². The van der Waals surface area contributed by atoms with Crippen LogP contribution in [0.4, 0.5) is 5.69 Å². The van der Waals surface area contributed by atoms with Gasteiger partial charge in [-0.05, 0) is 57.2 Å². The number of anilines is 1. The van der Waals surface area contributed by atoms with E-state index in [4.69, 9.17) is 13.9 Å².